The van der Waals surface area contributed by atoms with Crippen molar-refractivity contribution in [2.45, 2.75) is 50.6 Å². The first-order valence-corrected chi connectivity index (χ1v) is 7.40. The van der Waals surface area contributed by atoms with E-state index in [0.29, 0.717) is 16.4 Å². The topological polar surface area (TPSA) is 18.5 Å². The van der Waals surface area contributed by atoms with Crippen LogP contribution in [0.25, 0.3) is 0 Å². The lowest BCUT2D eigenvalue weighted by atomic mass is 9.43. The summed E-state index contributed by atoms with van der Waals surface area (Å²) in [6.07, 6.45) is 2.45. The van der Waals surface area contributed by atoms with Crippen LogP contribution >= 0.6 is 23.2 Å². The fraction of sp³-hybridized carbons (Fsp3) is 0.846. The quantitative estimate of drug-likeness (QED) is 0.571. The van der Waals surface area contributed by atoms with E-state index >= 15 is 0 Å². The lowest BCUT2D eigenvalue weighted by Crippen LogP contribution is -2.65. The van der Waals surface area contributed by atoms with Crippen molar-refractivity contribution in [1.29, 1.82) is 0 Å². The molecular formula is C13H19BCl2O2. The summed E-state index contributed by atoms with van der Waals surface area (Å²) in [6.45, 7) is 10.5. The highest BCUT2D eigenvalue weighted by atomic mass is 35.5. The van der Waals surface area contributed by atoms with Gasteiger partial charge in [-0.1, -0.05) is 32.0 Å². The molecule has 1 aliphatic heterocycles. The molecule has 0 spiro atoms. The van der Waals surface area contributed by atoms with Gasteiger partial charge in [-0.05, 0) is 37.0 Å². The van der Waals surface area contributed by atoms with Gasteiger partial charge in [0.25, 0.3) is 0 Å². The highest BCUT2D eigenvalue weighted by molar-refractivity contribution is 6.64. The van der Waals surface area contributed by atoms with Gasteiger partial charge >= 0.3 is 7.12 Å². The lowest BCUT2D eigenvalue weighted by Gasteiger charge is -2.64. The molecule has 3 saturated carbocycles. The minimum Gasteiger partial charge on any atom is -0.404 e. The molecular weight excluding hydrogens is 270 g/mol. The van der Waals surface area contributed by atoms with E-state index in [-0.39, 0.29) is 11.7 Å². The molecule has 4 aliphatic rings. The number of hydrogen-bond acceptors (Lipinski definition) is 2. The van der Waals surface area contributed by atoms with Crippen molar-refractivity contribution >= 4 is 30.3 Å². The van der Waals surface area contributed by atoms with Gasteiger partial charge in [0.15, 0.2) is 0 Å². The first-order valence-electron chi connectivity index (χ1n) is 6.58. The average molecular weight is 289 g/mol. The first kappa shape index (κ1) is 13.3. The number of allylic oxidation sites excluding steroid dienone is 1. The smallest absolute Gasteiger partial charge is 0.404 e. The molecule has 0 radical (unpaired) electrons. The Kier molecular flexibility index (Phi) is 2.89. The maximum atomic E-state index is 6.20. The third-order valence-electron chi connectivity index (χ3n) is 5.51. The molecule has 0 unspecified atom stereocenters. The molecule has 4 fully saturated rings. The fourth-order valence-corrected chi connectivity index (χ4v) is 4.38. The SMILES string of the molecule is C=C(Cl)[C@@H](Cl)B1O[C@@H]2C[C@@H]3C[C@@H](C3(C)C)[C@]2(C)O1. The number of hydrogen-bond donors (Lipinski definition) is 0. The van der Waals surface area contributed by atoms with Gasteiger partial charge in [-0.3, -0.25) is 0 Å². The number of halogens is 2. The molecule has 0 N–H and O–H groups in total. The number of alkyl halides is 1. The maximum Gasteiger partial charge on any atom is 0.482 e. The molecule has 0 aromatic heterocycles. The summed E-state index contributed by atoms with van der Waals surface area (Å²) in [6, 6.07) is 0. The minimum atomic E-state index is -0.477. The van der Waals surface area contributed by atoms with Crippen LogP contribution in [0.1, 0.15) is 33.6 Å². The van der Waals surface area contributed by atoms with E-state index < -0.39 is 12.4 Å². The zero-order valence-electron chi connectivity index (χ0n) is 11.1. The van der Waals surface area contributed by atoms with E-state index in [1.807, 2.05) is 0 Å². The van der Waals surface area contributed by atoms with Gasteiger partial charge in [0.1, 0.15) is 5.28 Å². The van der Waals surface area contributed by atoms with E-state index in [4.69, 9.17) is 32.5 Å². The largest absolute Gasteiger partial charge is 0.482 e. The molecule has 1 heterocycles. The molecule has 4 rings (SSSR count). The van der Waals surface area contributed by atoms with Crippen LogP contribution in [0.4, 0.5) is 0 Å². The highest BCUT2D eigenvalue weighted by Gasteiger charge is 2.68. The molecule has 5 heteroatoms. The van der Waals surface area contributed by atoms with Crippen molar-refractivity contribution in [2.75, 3.05) is 0 Å². The van der Waals surface area contributed by atoms with Gasteiger partial charge in [0, 0.05) is 5.03 Å². The van der Waals surface area contributed by atoms with Crippen LogP contribution in [0, 0.1) is 17.3 Å². The molecule has 2 bridgehead atoms. The Balaban J connectivity index is 1.83. The standard InChI is InChI=1S/C13H19BCl2O2/c1-7(15)11(16)14-17-10-6-8-5-9(12(8,2)3)13(10,4)18-14/h8-11H,1,5-6H2,2-4H3/t8-,9-,10+,11+,13-/m0/s1. The molecule has 1 saturated heterocycles. The van der Waals surface area contributed by atoms with Crippen LogP contribution in [-0.4, -0.2) is 24.1 Å². The van der Waals surface area contributed by atoms with Gasteiger partial charge in [0.05, 0.1) is 11.7 Å². The van der Waals surface area contributed by atoms with Gasteiger partial charge in [0.2, 0.25) is 0 Å². The third kappa shape index (κ3) is 1.57. The monoisotopic (exact) mass is 288 g/mol. The fourth-order valence-electron chi connectivity index (χ4n) is 4.17. The van der Waals surface area contributed by atoms with Crippen LogP contribution in [0.3, 0.4) is 0 Å². The van der Waals surface area contributed by atoms with Crippen LogP contribution in [0.2, 0.25) is 0 Å². The molecule has 5 atom stereocenters. The second kappa shape index (κ2) is 3.91. The van der Waals surface area contributed by atoms with E-state index in [1.54, 1.807) is 0 Å². The second-order valence-corrected chi connectivity index (χ2v) is 7.64. The normalized spacial score (nSPS) is 46.3. The predicted molar refractivity (Wildman–Crippen MR) is 74.7 cm³/mol. The Morgan fingerprint density at radius 2 is 2.06 bits per heavy atom. The Morgan fingerprint density at radius 1 is 1.39 bits per heavy atom. The van der Waals surface area contributed by atoms with E-state index in [0.717, 1.165) is 12.3 Å². The van der Waals surface area contributed by atoms with E-state index in [1.165, 1.54) is 6.42 Å². The Labute approximate surface area is 119 Å². The van der Waals surface area contributed by atoms with Crippen molar-refractivity contribution in [3.05, 3.63) is 11.6 Å². The average Bonchev–Trinajstić information content (AvgIpc) is 2.63. The van der Waals surface area contributed by atoms with Gasteiger partial charge < -0.3 is 9.31 Å². The summed E-state index contributed by atoms with van der Waals surface area (Å²) in [5.74, 6) is 1.29. The highest BCUT2D eigenvalue weighted by Crippen LogP contribution is 2.65. The van der Waals surface area contributed by atoms with Crippen molar-refractivity contribution in [3.63, 3.8) is 0 Å². The first-order chi connectivity index (χ1) is 8.26. The Morgan fingerprint density at radius 3 is 2.61 bits per heavy atom. The minimum absolute atomic E-state index is 0.150. The molecule has 100 valence electrons. The van der Waals surface area contributed by atoms with Crippen molar-refractivity contribution in [1.82, 2.24) is 0 Å². The van der Waals surface area contributed by atoms with Crippen molar-refractivity contribution < 1.29 is 9.31 Å². The molecule has 2 nitrogen and oxygen atoms in total. The molecule has 0 aromatic rings. The summed E-state index contributed by atoms with van der Waals surface area (Å²) in [7, 11) is -0.457. The second-order valence-electron chi connectivity index (χ2n) is 6.69. The van der Waals surface area contributed by atoms with Gasteiger partial charge in [-0.2, -0.15) is 0 Å². The molecule has 3 aliphatic carbocycles. The van der Waals surface area contributed by atoms with Crippen LogP contribution in [0.15, 0.2) is 11.6 Å². The Hall–Kier alpha value is 0.305. The molecule has 18 heavy (non-hydrogen) atoms. The number of rotatable bonds is 2. The summed E-state index contributed by atoms with van der Waals surface area (Å²) >= 11 is 12.1. The summed E-state index contributed by atoms with van der Waals surface area (Å²) in [5.41, 5.74) is 0.131. The molecule has 0 aromatic carbocycles. The van der Waals surface area contributed by atoms with Gasteiger partial charge in [-0.15, -0.1) is 11.6 Å². The Bertz CT molecular complexity index is 400. The maximum absolute atomic E-state index is 6.20. The third-order valence-corrected chi connectivity index (χ3v) is 6.32. The molecule has 0 amide bonds. The van der Waals surface area contributed by atoms with Crippen LogP contribution in [-0.2, 0) is 9.31 Å². The predicted octanol–water partition coefficient (Wildman–Crippen LogP) is 3.61. The summed E-state index contributed by atoms with van der Waals surface area (Å²) in [4.78, 5) is 0. The lowest BCUT2D eigenvalue weighted by molar-refractivity contribution is -0.199. The summed E-state index contributed by atoms with van der Waals surface area (Å²) in [5, 5.41) is -0.0927. The van der Waals surface area contributed by atoms with Gasteiger partial charge in [-0.25, -0.2) is 0 Å². The van der Waals surface area contributed by atoms with Crippen molar-refractivity contribution in [3.8, 4) is 0 Å². The zero-order chi connectivity index (χ0) is 13.3. The van der Waals surface area contributed by atoms with Crippen LogP contribution < -0.4 is 0 Å². The van der Waals surface area contributed by atoms with Crippen molar-refractivity contribution in [2.24, 2.45) is 17.3 Å². The van der Waals surface area contributed by atoms with E-state index in [9.17, 15) is 0 Å². The summed E-state index contributed by atoms with van der Waals surface area (Å²) < 4.78 is 12.1. The van der Waals surface area contributed by atoms with E-state index in [2.05, 4.69) is 27.4 Å². The zero-order valence-corrected chi connectivity index (χ0v) is 12.6. The van der Waals surface area contributed by atoms with Crippen LogP contribution in [0.5, 0.6) is 0 Å².